The van der Waals surface area contributed by atoms with E-state index in [1.807, 2.05) is 45.2 Å². The van der Waals surface area contributed by atoms with Gasteiger partial charge in [-0.25, -0.2) is 4.79 Å². The lowest BCUT2D eigenvalue weighted by Gasteiger charge is -2.09. The summed E-state index contributed by atoms with van der Waals surface area (Å²) >= 11 is 4.02. The first-order chi connectivity index (χ1) is 7.06. The molecule has 2 N–H and O–H groups in total. The fraction of sp³-hybridized carbons (Fsp3) is 0.222. The van der Waals surface area contributed by atoms with Crippen molar-refractivity contribution in [2.75, 3.05) is 13.2 Å². The van der Waals surface area contributed by atoms with Gasteiger partial charge >= 0.3 is 5.97 Å². The van der Waals surface area contributed by atoms with E-state index in [-0.39, 0.29) is 18.8 Å². The predicted molar refractivity (Wildman–Crippen MR) is 71.4 cm³/mol. The van der Waals surface area contributed by atoms with E-state index in [1.54, 1.807) is 0 Å². The highest BCUT2D eigenvalue weighted by Crippen LogP contribution is 2.28. The summed E-state index contributed by atoms with van der Waals surface area (Å²) in [5, 5.41) is 17.4. The predicted octanol–water partition coefficient (Wildman–Crippen LogP) is 1.97. The quantitative estimate of drug-likeness (QED) is 0.712. The van der Waals surface area contributed by atoms with Crippen molar-refractivity contribution in [2.24, 2.45) is 0 Å². The Labute approximate surface area is 114 Å². The first-order valence-electron chi connectivity index (χ1n) is 4.02. The second-order valence-electron chi connectivity index (χ2n) is 2.65. The number of ether oxygens (including phenoxy) is 1. The van der Waals surface area contributed by atoms with Crippen LogP contribution < -0.4 is 4.74 Å². The second kappa shape index (κ2) is 5.85. The molecular formula is C9H8I2O4. The molecule has 0 aliphatic rings. The number of aliphatic hydroxyl groups is 1. The SMILES string of the molecule is O=C(O)c1cc(I)c(OCCO)c(I)c1. The molecule has 0 aromatic heterocycles. The van der Waals surface area contributed by atoms with Crippen LogP contribution in [0.25, 0.3) is 0 Å². The van der Waals surface area contributed by atoms with Gasteiger partial charge in [0.1, 0.15) is 12.4 Å². The lowest BCUT2D eigenvalue weighted by atomic mass is 10.2. The Morgan fingerprint density at radius 1 is 1.33 bits per heavy atom. The number of aromatic carboxylic acids is 1. The van der Waals surface area contributed by atoms with Crippen molar-refractivity contribution in [3.05, 3.63) is 24.8 Å². The van der Waals surface area contributed by atoms with Gasteiger partial charge in [0.15, 0.2) is 0 Å². The third kappa shape index (κ3) is 3.45. The minimum Gasteiger partial charge on any atom is -0.489 e. The number of hydrogen-bond acceptors (Lipinski definition) is 3. The number of aliphatic hydroxyl groups excluding tert-OH is 1. The molecule has 1 aromatic carbocycles. The minimum absolute atomic E-state index is 0.0627. The monoisotopic (exact) mass is 434 g/mol. The third-order valence-electron chi connectivity index (χ3n) is 1.58. The Morgan fingerprint density at radius 2 is 1.87 bits per heavy atom. The van der Waals surface area contributed by atoms with Crippen molar-refractivity contribution >= 4 is 51.2 Å². The molecule has 15 heavy (non-hydrogen) atoms. The lowest BCUT2D eigenvalue weighted by molar-refractivity contribution is 0.0696. The zero-order valence-electron chi connectivity index (χ0n) is 7.54. The number of carboxylic acid groups (broad SMARTS) is 1. The zero-order valence-corrected chi connectivity index (χ0v) is 11.9. The van der Waals surface area contributed by atoms with Crippen LogP contribution >= 0.6 is 45.2 Å². The summed E-state index contributed by atoms with van der Waals surface area (Å²) < 4.78 is 6.75. The maximum atomic E-state index is 10.7. The van der Waals surface area contributed by atoms with Crippen LogP contribution in [0, 0.1) is 7.14 Å². The largest absolute Gasteiger partial charge is 0.489 e. The minimum atomic E-state index is -0.959. The molecule has 0 aliphatic heterocycles. The van der Waals surface area contributed by atoms with Gasteiger partial charge in [-0.3, -0.25) is 0 Å². The fourth-order valence-electron chi connectivity index (χ4n) is 0.969. The van der Waals surface area contributed by atoms with Gasteiger partial charge in [-0.15, -0.1) is 0 Å². The topological polar surface area (TPSA) is 66.8 Å². The first kappa shape index (κ1) is 13.0. The van der Waals surface area contributed by atoms with Gasteiger partial charge in [0.2, 0.25) is 0 Å². The molecular weight excluding hydrogens is 426 g/mol. The number of hydrogen-bond donors (Lipinski definition) is 2. The van der Waals surface area contributed by atoms with E-state index in [1.165, 1.54) is 12.1 Å². The summed E-state index contributed by atoms with van der Waals surface area (Å²) in [5.41, 5.74) is 0.236. The van der Waals surface area contributed by atoms with Gasteiger partial charge in [-0.2, -0.15) is 0 Å². The summed E-state index contributed by atoms with van der Waals surface area (Å²) in [6.45, 7) is 0.144. The molecule has 0 radical (unpaired) electrons. The third-order valence-corrected chi connectivity index (χ3v) is 3.19. The summed E-state index contributed by atoms with van der Waals surface area (Å²) in [5.74, 6) is -0.338. The molecule has 1 rings (SSSR count). The van der Waals surface area contributed by atoms with Crippen molar-refractivity contribution in [2.45, 2.75) is 0 Å². The van der Waals surface area contributed by atoms with E-state index in [4.69, 9.17) is 14.9 Å². The van der Waals surface area contributed by atoms with Crippen LogP contribution in [0.4, 0.5) is 0 Å². The van der Waals surface area contributed by atoms with Crippen LogP contribution in [0.5, 0.6) is 5.75 Å². The normalized spacial score (nSPS) is 10.1. The Kier molecular flexibility index (Phi) is 5.06. The fourth-order valence-corrected chi connectivity index (χ4v) is 3.05. The summed E-state index contributed by atoms with van der Waals surface area (Å²) in [4.78, 5) is 10.7. The highest BCUT2D eigenvalue weighted by Gasteiger charge is 2.12. The Hall–Kier alpha value is -0.0900. The molecule has 82 valence electrons. The molecule has 0 unspecified atom stereocenters. The molecule has 0 amide bonds. The summed E-state index contributed by atoms with van der Waals surface area (Å²) in [6, 6.07) is 3.08. The first-order valence-corrected chi connectivity index (χ1v) is 6.18. The average molecular weight is 434 g/mol. The highest BCUT2D eigenvalue weighted by molar-refractivity contribution is 14.1. The molecule has 0 spiro atoms. The maximum absolute atomic E-state index is 10.7. The summed E-state index contributed by atoms with van der Waals surface area (Å²) in [6.07, 6.45) is 0. The smallest absolute Gasteiger partial charge is 0.335 e. The number of carbonyl (C=O) groups is 1. The van der Waals surface area contributed by atoms with Gasteiger partial charge in [-0.1, -0.05) is 0 Å². The molecule has 0 saturated heterocycles. The zero-order chi connectivity index (χ0) is 11.4. The number of rotatable bonds is 4. The molecule has 0 bridgehead atoms. The van der Waals surface area contributed by atoms with Crippen LogP contribution in [0.2, 0.25) is 0 Å². The molecule has 0 heterocycles. The van der Waals surface area contributed by atoms with Gasteiger partial charge in [-0.05, 0) is 57.3 Å². The Balaban J connectivity index is 3.04. The average Bonchev–Trinajstić information content (AvgIpc) is 2.16. The van der Waals surface area contributed by atoms with Crippen molar-refractivity contribution in [3.63, 3.8) is 0 Å². The van der Waals surface area contributed by atoms with Gasteiger partial charge < -0.3 is 14.9 Å². The van der Waals surface area contributed by atoms with E-state index in [2.05, 4.69) is 0 Å². The van der Waals surface area contributed by atoms with E-state index < -0.39 is 5.97 Å². The molecule has 4 nitrogen and oxygen atoms in total. The van der Waals surface area contributed by atoms with E-state index in [9.17, 15) is 4.79 Å². The van der Waals surface area contributed by atoms with Crippen LogP contribution in [0.15, 0.2) is 12.1 Å². The number of carboxylic acids is 1. The molecule has 1 aromatic rings. The molecule has 0 atom stereocenters. The van der Waals surface area contributed by atoms with Gasteiger partial charge in [0.25, 0.3) is 0 Å². The van der Waals surface area contributed by atoms with E-state index in [0.29, 0.717) is 5.75 Å². The Bertz CT molecular complexity index is 355. The summed E-state index contributed by atoms with van der Waals surface area (Å²) in [7, 11) is 0. The van der Waals surface area contributed by atoms with Crippen LogP contribution in [0.3, 0.4) is 0 Å². The van der Waals surface area contributed by atoms with Crippen molar-refractivity contribution in [1.29, 1.82) is 0 Å². The van der Waals surface area contributed by atoms with Crippen LogP contribution in [-0.4, -0.2) is 29.4 Å². The van der Waals surface area contributed by atoms with Crippen LogP contribution in [0.1, 0.15) is 10.4 Å². The van der Waals surface area contributed by atoms with Crippen molar-refractivity contribution in [1.82, 2.24) is 0 Å². The number of benzene rings is 1. The molecule has 0 saturated carbocycles. The lowest BCUT2D eigenvalue weighted by Crippen LogP contribution is -2.06. The standard InChI is InChI=1S/C9H8I2O4/c10-6-3-5(9(13)14)4-7(11)8(6)15-2-1-12/h3-4,12H,1-2H2,(H,13,14). The molecule has 0 aliphatic carbocycles. The highest BCUT2D eigenvalue weighted by atomic mass is 127. The second-order valence-corrected chi connectivity index (χ2v) is 4.97. The van der Waals surface area contributed by atoms with Gasteiger partial charge in [0, 0.05) is 0 Å². The van der Waals surface area contributed by atoms with Gasteiger partial charge in [0.05, 0.1) is 19.3 Å². The number of halogens is 2. The van der Waals surface area contributed by atoms with Crippen LogP contribution in [-0.2, 0) is 0 Å². The van der Waals surface area contributed by atoms with Crippen molar-refractivity contribution < 1.29 is 19.7 Å². The molecule has 0 fully saturated rings. The van der Waals surface area contributed by atoms with Crippen molar-refractivity contribution in [3.8, 4) is 5.75 Å². The maximum Gasteiger partial charge on any atom is 0.335 e. The van der Waals surface area contributed by atoms with E-state index in [0.717, 1.165) is 7.14 Å². The molecule has 6 heteroatoms. The Morgan fingerprint density at radius 3 is 2.27 bits per heavy atom. The van der Waals surface area contributed by atoms with E-state index >= 15 is 0 Å².